The maximum absolute atomic E-state index is 12.5. The first-order valence-corrected chi connectivity index (χ1v) is 6.71. The normalized spacial score (nSPS) is 10.4. The number of carbonyl (C=O) groups is 2. The van der Waals surface area contributed by atoms with Gasteiger partial charge in [0.15, 0.2) is 11.0 Å². The van der Waals surface area contributed by atoms with Gasteiger partial charge in [-0.05, 0) is 42.3 Å². The van der Waals surface area contributed by atoms with Crippen molar-refractivity contribution < 1.29 is 19.1 Å². The van der Waals surface area contributed by atoms with E-state index in [0.29, 0.717) is 5.69 Å². The van der Waals surface area contributed by atoms with Gasteiger partial charge in [-0.1, -0.05) is 18.2 Å². The van der Waals surface area contributed by atoms with E-state index < -0.39 is 11.9 Å². The van der Waals surface area contributed by atoms with Gasteiger partial charge in [0.1, 0.15) is 0 Å². The number of hydrogen-bond donors (Lipinski definition) is 1. The molecule has 2 rings (SSSR count). The van der Waals surface area contributed by atoms with Gasteiger partial charge in [0.05, 0.1) is 6.42 Å². The quantitative estimate of drug-likeness (QED) is 0.919. The highest BCUT2D eigenvalue weighted by atomic mass is 35.5. The van der Waals surface area contributed by atoms with Crippen molar-refractivity contribution in [3.8, 4) is 0 Å². The number of hydrogen-bond acceptors (Lipinski definition) is 3. The van der Waals surface area contributed by atoms with Crippen molar-refractivity contribution in [3.05, 3.63) is 52.9 Å². The van der Waals surface area contributed by atoms with E-state index in [9.17, 15) is 9.59 Å². The van der Waals surface area contributed by atoms with E-state index in [2.05, 4.69) is 0 Å². The summed E-state index contributed by atoms with van der Waals surface area (Å²) in [7, 11) is 0. The van der Waals surface area contributed by atoms with E-state index in [-0.39, 0.29) is 23.9 Å². The predicted octanol–water partition coefficient (Wildman–Crippen LogP) is 3.36. The maximum atomic E-state index is 12.5. The van der Waals surface area contributed by atoms with Crippen LogP contribution in [-0.4, -0.2) is 23.5 Å². The molecule has 0 aliphatic rings. The summed E-state index contributed by atoms with van der Waals surface area (Å²) in [6.45, 7) is 1.91. The second kappa shape index (κ2) is 6.45. The summed E-state index contributed by atoms with van der Waals surface area (Å²) < 4.78 is 5.12. The molecule has 1 aromatic heterocycles. The van der Waals surface area contributed by atoms with Gasteiger partial charge in [0.25, 0.3) is 5.91 Å². The summed E-state index contributed by atoms with van der Waals surface area (Å²) in [4.78, 5) is 24.7. The second-order valence-electron chi connectivity index (χ2n) is 4.49. The lowest BCUT2D eigenvalue weighted by Gasteiger charge is -2.22. The van der Waals surface area contributed by atoms with Crippen LogP contribution in [0.25, 0.3) is 0 Å². The number of aliphatic carboxylic acids is 1. The molecule has 0 unspecified atom stereocenters. The lowest BCUT2D eigenvalue weighted by Crippen LogP contribution is -2.33. The van der Waals surface area contributed by atoms with Crippen molar-refractivity contribution in [1.82, 2.24) is 0 Å². The Labute approximate surface area is 126 Å². The van der Waals surface area contributed by atoms with Crippen LogP contribution in [0.15, 0.2) is 40.8 Å². The average Bonchev–Trinajstić information content (AvgIpc) is 2.87. The van der Waals surface area contributed by atoms with Crippen molar-refractivity contribution in [2.75, 3.05) is 11.4 Å². The lowest BCUT2D eigenvalue weighted by molar-refractivity contribution is -0.136. The Kier molecular flexibility index (Phi) is 4.65. The van der Waals surface area contributed by atoms with Crippen molar-refractivity contribution in [1.29, 1.82) is 0 Å². The monoisotopic (exact) mass is 307 g/mol. The minimum atomic E-state index is -0.973. The predicted molar refractivity (Wildman–Crippen MR) is 78.8 cm³/mol. The molecule has 1 N–H and O–H groups in total. The summed E-state index contributed by atoms with van der Waals surface area (Å²) in [5, 5.41) is 8.96. The smallest absolute Gasteiger partial charge is 0.305 e. The van der Waals surface area contributed by atoms with Crippen LogP contribution in [0, 0.1) is 6.92 Å². The van der Waals surface area contributed by atoms with Crippen LogP contribution in [0.1, 0.15) is 22.5 Å². The van der Waals surface area contributed by atoms with Crippen LogP contribution in [0.4, 0.5) is 5.69 Å². The number of furan rings is 1. The zero-order chi connectivity index (χ0) is 15.4. The highest BCUT2D eigenvalue weighted by Crippen LogP contribution is 2.23. The van der Waals surface area contributed by atoms with Gasteiger partial charge >= 0.3 is 5.97 Å². The minimum Gasteiger partial charge on any atom is -0.481 e. The van der Waals surface area contributed by atoms with E-state index >= 15 is 0 Å². The molecule has 5 nitrogen and oxygen atoms in total. The molecule has 1 amide bonds. The van der Waals surface area contributed by atoms with Crippen molar-refractivity contribution in [3.63, 3.8) is 0 Å². The molecule has 0 aliphatic carbocycles. The number of carbonyl (C=O) groups excluding carboxylic acids is 1. The second-order valence-corrected chi connectivity index (χ2v) is 4.86. The molecule has 0 spiro atoms. The number of nitrogens with zero attached hydrogens (tertiary/aromatic N) is 1. The van der Waals surface area contributed by atoms with E-state index in [0.717, 1.165) is 5.56 Å². The fraction of sp³-hybridized carbons (Fsp3) is 0.200. The van der Waals surface area contributed by atoms with Crippen LogP contribution in [0.5, 0.6) is 0 Å². The van der Waals surface area contributed by atoms with Gasteiger partial charge < -0.3 is 14.4 Å². The number of amides is 1. The summed E-state index contributed by atoms with van der Waals surface area (Å²) in [6.07, 6.45) is -0.158. The molecule has 0 bridgehead atoms. The van der Waals surface area contributed by atoms with E-state index in [1.165, 1.54) is 17.0 Å². The third kappa shape index (κ3) is 3.64. The fourth-order valence-corrected chi connectivity index (χ4v) is 2.11. The standard InChI is InChI=1S/C15H14ClNO4/c1-10-4-2-3-5-11(10)17(9-8-14(18)19)15(20)12-6-7-13(16)21-12/h2-7H,8-9H2,1H3,(H,18,19). The van der Waals surface area contributed by atoms with Crippen molar-refractivity contribution in [2.24, 2.45) is 0 Å². The molecular weight excluding hydrogens is 294 g/mol. The number of carboxylic acids is 1. The zero-order valence-corrected chi connectivity index (χ0v) is 12.1. The van der Waals surface area contributed by atoms with Gasteiger partial charge in [-0.25, -0.2) is 0 Å². The van der Waals surface area contributed by atoms with Crippen molar-refractivity contribution >= 4 is 29.2 Å². The Hall–Kier alpha value is -2.27. The SMILES string of the molecule is Cc1ccccc1N(CCC(=O)O)C(=O)c1ccc(Cl)o1. The lowest BCUT2D eigenvalue weighted by atomic mass is 10.1. The Morgan fingerprint density at radius 3 is 2.52 bits per heavy atom. The molecule has 0 saturated heterocycles. The highest BCUT2D eigenvalue weighted by Gasteiger charge is 2.22. The third-order valence-corrected chi connectivity index (χ3v) is 3.19. The average molecular weight is 308 g/mol. The van der Waals surface area contributed by atoms with E-state index in [1.807, 2.05) is 19.1 Å². The number of rotatable bonds is 5. The molecule has 2 aromatic rings. The third-order valence-electron chi connectivity index (χ3n) is 2.98. The molecule has 0 aliphatic heterocycles. The molecular formula is C15H14ClNO4. The summed E-state index contributed by atoms with van der Waals surface area (Å²) in [5.41, 5.74) is 1.52. The van der Waals surface area contributed by atoms with Crippen LogP contribution in [0.2, 0.25) is 5.22 Å². The van der Waals surface area contributed by atoms with Gasteiger partial charge in [0, 0.05) is 12.2 Å². The number of benzene rings is 1. The molecule has 110 valence electrons. The first-order valence-electron chi connectivity index (χ1n) is 6.33. The first kappa shape index (κ1) is 15.1. The molecule has 1 aromatic carbocycles. The first-order chi connectivity index (χ1) is 9.99. The number of aryl methyl sites for hydroxylation is 1. The number of carboxylic acid groups (broad SMARTS) is 1. The molecule has 21 heavy (non-hydrogen) atoms. The number of anilines is 1. The highest BCUT2D eigenvalue weighted by molar-refractivity contribution is 6.29. The molecule has 6 heteroatoms. The number of halogens is 1. The summed E-state index contributed by atoms with van der Waals surface area (Å²) >= 11 is 5.68. The molecule has 0 fully saturated rings. The molecule has 0 radical (unpaired) electrons. The zero-order valence-electron chi connectivity index (χ0n) is 11.4. The fourth-order valence-electron chi connectivity index (χ4n) is 1.97. The Morgan fingerprint density at radius 1 is 1.24 bits per heavy atom. The van der Waals surface area contributed by atoms with Crippen LogP contribution in [0.3, 0.4) is 0 Å². The molecule has 0 atom stereocenters. The van der Waals surface area contributed by atoms with Crippen molar-refractivity contribution in [2.45, 2.75) is 13.3 Å². The summed E-state index contributed by atoms with van der Waals surface area (Å²) in [5.74, 6) is -1.31. The number of para-hydroxylation sites is 1. The van der Waals surface area contributed by atoms with Crippen LogP contribution >= 0.6 is 11.6 Å². The van der Waals surface area contributed by atoms with Gasteiger partial charge in [-0.2, -0.15) is 0 Å². The maximum Gasteiger partial charge on any atom is 0.305 e. The minimum absolute atomic E-state index is 0.0529. The van der Waals surface area contributed by atoms with Crippen LogP contribution < -0.4 is 4.90 Å². The molecule has 0 saturated carbocycles. The van der Waals surface area contributed by atoms with Gasteiger partial charge in [-0.15, -0.1) is 0 Å². The summed E-state index contributed by atoms with van der Waals surface area (Å²) in [6, 6.07) is 10.2. The Bertz CT molecular complexity index is 665. The molecule has 1 heterocycles. The van der Waals surface area contributed by atoms with Gasteiger partial charge in [0.2, 0.25) is 0 Å². The van der Waals surface area contributed by atoms with E-state index in [1.54, 1.807) is 12.1 Å². The van der Waals surface area contributed by atoms with E-state index in [4.69, 9.17) is 21.1 Å². The Balaban J connectivity index is 2.34. The largest absolute Gasteiger partial charge is 0.481 e. The van der Waals surface area contributed by atoms with Gasteiger partial charge in [-0.3, -0.25) is 9.59 Å². The topological polar surface area (TPSA) is 70.8 Å². The Morgan fingerprint density at radius 2 is 1.95 bits per heavy atom. The van der Waals surface area contributed by atoms with Crippen LogP contribution in [-0.2, 0) is 4.79 Å².